The van der Waals surface area contributed by atoms with Crippen molar-refractivity contribution in [3.63, 3.8) is 0 Å². The smallest absolute Gasteiger partial charge is 0.237 e. The monoisotopic (exact) mass is 518 g/mol. The Morgan fingerprint density at radius 3 is 2.58 bits per heavy atom. The molecule has 7 heteroatoms. The average molecular weight is 519 g/mol. The Balaban J connectivity index is 1.44. The van der Waals surface area contributed by atoms with Crippen LogP contribution < -0.4 is 4.48 Å². The maximum atomic E-state index is 9.15. The van der Waals surface area contributed by atoms with Crippen LogP contribution in [0.2, 0.25) is 0 Å². The molecule has 6 rings (SSSR count). The Kier molecular flexibility index (Phi) is 6.38. The second-order valence-corrected chi connectivity index (χ2v) is 10.2. The van der Waals surface area contributed by atoms with E-state index in [1.807, 2.05) is 36.8 Å². The number of thiocarbonyl (C=S) groups is 1. The van der Waals surface area contributed by atoms with Gasteiger partial charge in [-0.25, -0.2) is 9.47 Å². The van der Waals surface area contributed by atoms with Crippen LogP contribution in [0.25, 0.3) is 16.3 Å². The number of hydrogen-bond acceptors (Lipinski definition) is 4. The van der Waals surface area contributed by atoms with Crippen LogP contribution in [-0.2, 0) is 11.3 Å². The molecule has 1 aromatic heterocycles. The van der Waals surface area contributed by atoms with E-state index in [4.69, 9.17) is 22.2 Å². The van der Waals surface area contributed by atoms with Crippen LogP contribution in [0.1, 0.15) is 16.7 Å². The predicted molar refractivity (Wildman–Crippen MR) is 155 cm³/mol. The van der Waals surface area contributed by atoms with Crippen LogP contribution in [0, 0.1) is 11.3 Å². The number of nitrogens with zero attached hydrogens (tertiary/aromatic N) is 5. The van der Waals surface area contributed by atoms with E-state index < -0.39 is 0 Å². The first-order chi connectivity index (χ1) is 18.6. The molecule has 0 saturated carbocycles. The number of imidazole rings is 1. The molecule has 4 aromatic rings. The lowest BCUT2D eigenvalue weighted by Gasteiger charge is -2.29. The van der Waals surface area contributed by atoms with Crippen molar-refractivity contribution in [2.75, 3.05) is 33.4 Å². The molecular formula is C31H28N5OS+. The lowest BCUT2D eigenvalue weighted by Crippen LogP contribution is -2.41. The highest BCUT2D eigenvalue weighted by Gasteiger charge is 2.37. The number of hydrogen-bond donors (Lipinski definition) is 0. The van der Waals surface area contributed by atoms with Gasteiger partial charge in [0.05, 0.1) is 55.9 Å². The molecule has 1 fully saturated rings. The number of rotatable bonds is 5. The molecule has 38 heavy (non-hydrogen) atoms. The topological polar surface area (TPSA) is 54.1 Å². The molecule has 0 amide bonds. The normalized spacial score (nSPS) is 19.2. The number of nitriles is 1. The maximum absolute atomic E-state index is 9.15. The summed E-state index contributed by atoms with van der Waals surface area (Å²) in [6.45, 7) is 3.61. The molecule has 0 radical (unpaired) electrons. The summed E-state index contributed by atoms with van der Waals surface area (Å²) in [5.74, 6) is 1.03. The summed E-state index contributed by atoms with van der Waals surface area (Å²) in [6.07, 6.45) is 8.34. The third-order valence-electron chi connectivity index (χ3n) is 7.31. The van der Waals surface area contributed by atoms with Gasteiger partial charge in [0.25, 0.3) is 0 Å². The van der Waals surface area contributed by atoms with Gasteiger partial charge in [0.1, 0.15) is 23.6 Å². The van der Waals surface area contributed by atoms with Crippen LogP contribution in [0.3, 0.4) is 0 Å². The fraction of sp³-hybridized carbons (Fsp3) is 0.194. The van der Waals surface area contributed by atoms with Gasteiger partial charge in [-0.3, -0.25) is 4.57 Å². The summed E-state index contributed by atoms with van der Waals surface area (Å²) in [5.41, 5.74) is 5.13. The van der Waals surface area contributed by atoms with Gasteiger partial charge in [0.2, 0.25) is 5.82 Å². The second kappa shape index (κ2) is 9.99. The minimum atomic E-state index is 0.439. The summed E-state index contributed by atoms with van der Waals surface area (Å²) in [7, 11) is 2.17. The van der Waals surface area contributed by atoms with E-state index in [0.29, 0.717) is 29.8 Å². The highest BCUT2D eigenvalue weighted by molar-refractivity contribution is 7.80. The van der Waals surface area contributed by atoms with Gasteiger partial charge >= 0.3 is 0 Å². The summed E-state index contributed by atoms with van der Waals surface area (Å²) in [4.78, 5) is 7.64. The summed E-state index contributed by atoms with van der Waals surface area (Å²) < 4.78 is 8.20. The molecule has 2 aliphatic heterocycles. The average Bonchev–Trinajstić information content (AvgIpc) is 3.58. The summed E-state index contributed by atoms with van der Waals surface area (Å²) in [6, 6.07) is 24.9. The fourth-order valence-corrected chi connectivity index (χ4v) is 5.69. The van der Waals surface area contributed by atoms with Crippen LogP contribution in [0.5, 0.6) is 0 Å². The van der Waals surface area contributed by atoms with Crippen LogP contribution in [0.15, 0.2) is 97.2 Å². The largest absolute Gasteiger partial charge is 0.378 e. The van der Waals surface area contributed by atoms with E-state index in [1.54, 1.807) is 0 Å². The minimum Gasteiger partial charge on any atom is -0.378 e. The van der Waals surface area contributed by atoms with Gasteiger partial charge in [-0.15, -0.1) is 0 Å². The lowest BCUT2D eigenvalue weighted by atomic mass is 9.94. The molecule has 6 nitrogen and oxygen atoms in total. The van der Waals surface area contributed by atoms with Gasteiger partial charge in [-0.1, -0.05) is 66.8 Å². The zero-order valence-electron chi connectivity index (χ0n) is 21.2. The van der Waals surface area contributed by atoms with E-state index in [9.17, 15) is 0 Å². The number of aromatic nitrogens is 2. The Morgan fingerprint density at radius 1 is 1.03 bits per heavy atom. The van der Waals surface area contributed by atoms with Gasteiger partial charge in [-0.2, -0.15) is 5.26 Å². The van der Waals surface area contributed by atoms with E-state index in [1.165, 1.54) is 16.3 Å². The van der Waals surface area contributed by atoms with E-state index in [0.717, 1.165) is 40.6 Å². The third kappa shape index (κ3) is 4.44. The standard InChI is InChI=1S/C31H28N5OS/c1-36(30-18-33-22-35(30)19-24-11-9-23(17-32)10-12-24)20-28(27-8-4-6-25-5-2-3-7-26(25)27)29(21-36)31(38)34-13-15-37-16-14-34/h2-12,18,20-22H,13-16,19H2,1H3/q+1. The molecule has 1 atom stereocenters. The predicted octanol–water partition coefficient (Wildman–Crippen LogP) is 5.49. The van der Waals surface area contributed by atoms with Crippen molar-refractivity contribution in [1.29, 1.82) is 5.26 Å². The van der Waals surface area contributed by atoms with Crippen molar-refractivity contribution in [2.45, 2.75) is 6.54 Å². The molecule has 1 unspecified atom stereocenters. The second-order valence-electron chi connectivity index (χ2n) is 9.85. The Labute approximate surface area is 227 Å². The first-order valence-electron chi connectivity index (χ1n) is 12.7. The SMILES string of the molecule is C[N+]1(c2cncn2Cc2ccc(C#N)cc2)C=C(C(=S)N2CCOCC2)C(c2cccc3ccccc23)=C1. The van der Waals surface area contributed by atoms with Gasteiger partial charge in [0.15, 0.2) is 0 Å². The first-order valence-corrected chi connectivity index (χ1v) is 13.1. The number of ether oxygens (including phenoxy) is 1. The van der Waals surface area contributed by atoms with Gasteiger partial charge in [-0.05, 0) is 34.0 Å². The van der Waals surface area contributed by atoms with Crippen molar-refractivity contribution in [3.05, 3.63) is 114 Å². The van der Waals surface area contributed by atoms with Crippen LogP contribution in [0.4, 0.5) is 5.82 Å². The molecule has 0 N–H and O–H groups in total. The zero-order valence-corrected chi connectivity index (χ0v) is 22.1. The van der Waals surface area contributed by atoms with Crippen LogP contribution in [-0.4, -0.2) is 52.8 Å². The molecular weight excluding hydrogens is 490 g/mol. The molecule has 188 valence electrons. The van der Waals surface area contributed by atoms with E-state index in [-0.39, 0.29) is 0 Å². The Bertz CT molecular complexity index is 1620. The van der Waals surface area contributed by atoms with Crippen molar-refractivity contribution in [3.8, 4) is 6.07 Å². The Morgan fingerprint density at radius 2 is 1.79 bits per heavy atom. The van der Waals surface area contributed by atoms with Gasteiger partial charge in [0, 0.05) is 13.1 Å². The molecule has 0 spiro atoms. The van der Waals surface area contributed by atoms with Gasteiger partial charge < -0.3 is 9.64 Å². The Hall–Kier alpha value is -4.09. The number of morpholine rings is 1. The highest BCUT2D eigenvalue weighted by atomic mass is 32.1. The van der Waals surface area contributed by atoms with Crippen molar-refractivity contribution in [2.24, 2.45) is 0 Å². The molecule has 1 saturated heterocycles. The molecule has 3 heterocycles. The minimum absolute atomic E-state index is 0.439. The van der Waals surface area contributed by atoms with Crippen molar-refractivity contribution >= 4 is 39.4 Å². The first kappa shape index (κ1) is 24.3. The van der Waals surface area contributed by atoms with Crippen LogP contribution >= 0.6 is 12.2 Å². The summed E-state index contributed by atoms with van der Waals surface area (Å²) in [5, 5.41) is 11.6. The molecule has 3 aromatic carbocycles. The summed E-state index contributed by atoms with van der Waals surface area (Å²) >= 11 is 6.13. The lowest BCUT2D eigenvalue weighted by molar-refractivity contribution is 0.0693. The van der Waals surface area contributed by atoms with E-state index in [2.05, 4.69) is 82.4 Å². The number of fused-ring (bicyclic) bond motifs is 1. The van der Waals surface area contributed by atoms with Crippen molar-refractivity contribution in [1.82, 2.24) is 18.9 Å². The highest BCUT2D eigenvalue weighted by Crippen LogP contribution is 2.40. The van der Waals surface area contributed by atoms with E-state index >= 15 is 0 Å². The molecule has 0 bridgehead atoms. The fourth-order valence-electron chi connectivity index (χ4n) is 5.35. The molecule has 0 aliphatic carbocycles. The quantitative estimate of drug-likeness (QED) is 0.258. The number of benzene rings is 3. The maximum Gasteiger partial charge on any atom is 0.237 e. The third-order valence-corrected chi connectivity index (χ3v) is 7.79. The molecule has 2 aliphatic rings. The van der Waals surface area contributed by atoms with Crippen molar-refractivity contribution < 1.29 is 4.74 Å². The number of quaternary nitrogens is 1. The zero-order chi connectivity index (χ0) is 26.1.